The number of hydrogen-bond donors (Lipinski definition) is 2. The second kappa shape index (κ2) is 7.22. The van der Waals surface area contributed by atoms with Gasteiger partial charge in [-0.05, 0) is 38.5 Å². The van der Waals surface area contributed by atoms with Crippen LogP contribution in [0.4, 0.5) is 0 Å². The average molecular weight is 335 g/mol. The van der Waals surface area contributed by atoms with Crippen LogP contribution >= 0.6 is 11.6 Å². The molecule has 1 unspecified atom stereocenters. The molecule has 21 heavy (non-hydrogen) atoms. The Bertz CT molecular complexity index is 631. The number of sulfonamides is 1. The van der Waals surface area contributed by atoms with E-state index in [9.17, 15) is 13.2 Å². The molecular formula is C13H19ClN2O4S. The summed E-state index contributed by atoms with van der Waals surface area (Å²) < 4.78 is 28.3. The maximum Gasteiger partial charge on any atom is 0.251 e. The van der Waals surface area contributed by atoms with Crippen molar-refractivity contribution < 1.29 is 17.9 Å². The Balaban J connectivity index is 2.99. The van der Waals surface area contributed by atoms with Gasteiger partial charge in [-0.2, -0.15) is 0 Å². The van der Waals surface area contributed by atoms with Gasteiger partial charge in [0.25, 0.3) is 5.91 Å². The number of nitrogens with two attached hydrogens (primary N) is 1. The predicted molar refractivity (Wildman–Crippen MR) is 81.0 cm³/mol. The van der Waals surface area contributed by atoms with Crippen LogP contribution in [0.1, 0.15) is 29.8 Å². The fraction of sp³-hybridized carbons (Fsp3) is 0.462. The van der Waals surface area contributed by atoms with Gasteiger partial charge < -0.3 is 10.1 Å². The molecule has 1 atom stereocenters. The number of carbonyl (C=O) groups is 1. The number of hydrogen-bond acceptors (Lipinski definition) is 4. The molecule has 1 aromatic rings. The lowest BCUT2D eigenvalue weighted by atomic mass is 10.1. The molecular weight excluding hydrogens is 316 g/mol. The van der Waals surface area contributed by atoms with Gasteiger partial charge in [-0.3, -0.25) is 4.79 Å². The highest BCUT2D eigenvalue weighted by atomic mass is 35.5. The van der Waals surface area contributed by atoms with Crippen LogP contribution in [0.2, 0.25) is 5.02 Å². The smallest absolute Gasteiger partial charge is 0.251 e. The maximum atomic E-state index is 12.0. The van der Waals surface area contributed by atoms with Crippen LogP contribution < -0.4 is 10.5 Å². The SMILES string of the molecule is CCOC(C)CNC(=O)c1cc(Cl)c(C)c(S(N)(=O)=O)c1. The Morgan fingerprint density at radius 3 is 2.62 bits per heavy atom. The fourth-order valence-electron chi connectivity index (χ4n) is 1.76. The molecule has 0 saturated heterocycles. The number of ether oxygens (including phenoxy) is 1. The van der Waals surface area contributed by atoms with E-state index in [1.807, 2.05) is 13.8 Å². The van der Waals surface area contributed by atoms with Gasteiger partial charge >= 0.3 is 0 Å². The zero-order chi connectivity index (χ0) is 16.2. The summed E-state index contributed by atoms with van der Waals surface area (Å²) in [5.74, 6) is -0.437. The Labute approximate surface area is 129 Å². The molecule has 1 rings (SSSR count). The standard InChI is InChI=1S/C13H19ClN2O4S/c1-4-20-8(2)7-16-13(17)10-5-11(14)9(3)12(6-10)21(15,18)19/h5-6,8H,4,7H2,1-3H3,(H,16,17)(H2,15,18,19). The van der Waals surface area contributed by atoms with Gasteiger partial charge in [-0.15, -0.1) is 0 Å². The van der Waals surface area contributed by atoms with Crippen molar-refractivity contribution in [1.82, 2.24) is 5.32 Å². The number of primary sulfonamides is 1. The highest BCUT2D eigenvalue weighted by Gasteiger charge is 2.18. The third-order valence-electron chi connectivity index (χ3n) is 2.87. The van der Waals surface area contributed by atoms with E-state index in [4.69, 9.17) is 21.5 Å². The molecule has 8 heteroatoms. The van der Waals surface area contributed by atoms with E-state index in [-0.39, 0.29) is 21.6 Å². The predicted octanol–water partition coefficient (Wildman–Crippen LogP) is 1.45. The summed E-state index contributed by atoms with van der Waals surface area (Å²) in [6.45, 7) is 6.06. The van der Waals surface area contributed by atoms with Crippen LogP contribution in [-0.2, 0) is 14.8 Å². The molecule has 0 aliphatic carbocycles. The molecule has 1 amide bonds. The minimum Gasteiger partial charge on any atom is -0.377 e. The van der Waals surface area contributed by atoms with Crippen molar-refractivity contribution in [2.45, 2.75) is 31.8 Å². The second-order valence-electron chi connectivity index (χ2n) is 4.60. The zero-order valence-corrected chi connectivity index (χ0v) is 13.7. The molecule has 1 aromatic carbocycles. The normalized spacial score (nSPS) is 13.0. The Hall–Kier alpha value is -1.15. The molecule has 0 bridgehead atoms. The number of amides is 1. The molecule has 0 aliphatic heterocycles. The van der Waals surface area contributed by atoms with E-state index < -0.39 is 15.9 Å². The average Bonchev–Trinajstić information content (AvgIpc) is 2.38. The van der Waals surface area contributed by atoms with Crippen molar-refractivity contribution in [3.05, 3.63) is 28.3 Å². The van der Waals surface area contributed by atoms with E-state index >= 15 is 0 Å². The lowest BCUT2D eigenvalue weighted by Gasteiger charge is -2.14. The molecule has 0 aliphatic rings. The van der Waals surface area contributed by atoms with Crippen LogP contribution in [-0.4, -0.2) is 33.6 Å². The Morgan fingerprint density at radius 1 is 1.48 bits per heavy atom. The molecule has 0 fully saturated rings. The number of benzene rings is 1. The molecule has 0 aromatic heterocycles. The van der Waals surface area contributed by atoms with Crippen LogP contribution in [0.3, 0.4) is 0 Å². The van der Waals surface area contributed by atoms with Gasteiger partial charge in [-0.1, -0.05) is 11.6 Å². The van der Waals surface area contributed by atoms with Gasteiger partial charge in [-0.25, -0.2) is 13.6 Å². The highest BCUT2D eigenvalue weighted by Crippen LogP contribution is 2.24. The summed E-state index contributed by atoms with van der Waals surface area (Å²) in [5, 5.41) is 7.94. The van der Waals surface area contributed by atoms with E-state index in [0.717, 1.165) is 0 Å². The molecule has 118 valence electrons. The van der Waals surface area contributed by atoms with E-state index in [1.54, 1.807) is 0 Å². The second-order valence-corrected chi connectivity index (χ2v) is 6.54. The van der Waals surface area contributed by atoms with Crippen molar-refractivity contribution in [3.8, 4) is 0 Å². The summed E-state index contributed by atoms with van der Waals surface area (Å²) in [4.78, 5) is 11.9. The summed E-state index contributed by atoms with van der Waals surface area (Å²) in [6, 6.07) is 2.63. The monoisotopic (exact) mass is 334 g/mol. The number of rotatable bonds is 6. The molecule has 0 heterocycles. The molecule has 0 radical (unpaired) electrons. The van der Waals surface area contributed by atoms with Crippen molar-refractivity contribution in [3.63, 3.8) is 0 Å². The van der Waals surface area contributed by atoms with E-state index in [1.165, 1.54) is 19.1 Å². The lowest BCUT2D eigenvalue weighted by molar-refractivity contribution is 0.0695. The molecule has 6 nitrogen and oxygen atoms in total. The number of halogens is 1. The largest absolute Gasteiger partial charge is 0.377 e. The van der Waals surface area contributed by atoms with Crippen LogP contribution in [0.5, 0.6) is 0 Å². The van der Waals surface area contributed by atoms with Crippen molar-refractivity contribution in [1.29, 1.82) is 0 Å². The first kappa shape index (κ1) is 17.9. The lowest BCUT2D eigenvalue weighted by Crippen LogP contribution is -2.32. The Morgan fingerprint density at radius 2 is 2.10 bits per heavy atom. The fourth-order valence-corrected chi connectivity index (χ4v) is 2.87. The van der Waals surface area contributed by atoms with Crippen molar-refractivity contribution in [2.75, 3.05) is 13.2 Å². The maximum absolute atomic E-state index is 12.0. The summed E-state index contributed by atoms with van der Waals surface area (Å²) in [7, 11) is -3.94. The minimum absolute atomic E-state index is 0.137. The van der Waals surface area contributed by atoms with Gasteiger partial charge in [0.05, 0.1) is 11.0 Å². The quantitative estimate of drug-likeness (QED) is 0.822. The third kappa shape index (κ3) is 4.96. The summed E-state index contributed by atoms with van der Waals surface area (Å²) in [5.41, 5.74) is 0.455. The summed E-state index contributed by atoms with van der Waals surface area (Å²) in [6.07, 6.45) is -0.141. The third-order valence-corrected chi connectivity index (χ3v) is 4.30. The Kier molecular flexibility index (Phi) is 6.15. The van der Waals surface area contributed by atoms with Crippen LogP contribution in [0.15, 0.2) is 17.0 Å². The zero-order valence-electron chi connectivity index (χ0n) is 12.1. The van der Waals surface area contributed by atoms with Gasteiger partial charge in [0.15, 0.2) is 0 Å². The number of carbonyl (C=O) groups excluding carboxylic acids is 1. The number of nitrogens with one attached hydrogen (secondary N) is 1. The molecule has 3 N–H and O–H groups in total. The first-order chi connectivity index (χ1) is 9.66. The van der Waals surface area contributed by atoms with Crippen molar-refractivity contribution >= 4 is 27.5 Å². The van der Waals surface area contributed by atoms with Crippen LogP contribution in [0.25, 0.3) is 0 Å². The van der Waals surface area contributed by atoms with Gasteiger partial charge in [0.1, 0.15) is 0 Å². The topological polar surface area (TPSA) is 98.5 Å². The van der Waals surface area contributed by atoms with E-state index in [2.05, 4.69) is 5.32 Å². The van der Waals surface area contributed by atoms with Crippen LogP contribution in [0, 0.1) is 6.92 Å². The van der Waals surface area contributed by atoms with Crippen molar-refractivity contribution in [2.24, 2.45) is 5.14 Å². The first-order valence-corrected chi connectivity index (χ1v) is 8.32. The molecule has 0 saturated carbocycles. The molecule has 0 spiro atoms. The minimum atomic E-state index is -3.94. The first-order valence-electron chi connectivity index (χ1n) is 6.39. The summed E-state index contributed by atoms with van der Waals surface area (Å²) >= 11 is 5.96. The van der Waals surface area contributed by atoms with E-state index in [0.29, 0.717) is 18.7 Å². The van der Waals surface area contributed by atoms with Gasteiger partial charge in [0.2, 0.25) is 10.0 Å². The highest BCUT2D eigenvalue weighted by molar-refractivity contribution is 7.89. The van der Waals surface area contributed by atoms with Gasteiger partial charge in [0, 0.05) is 23.7 Å².